The number of sulfonamides is 1. The Morgan fingerprint density at radius 3 is 2.54 bits per heavy atom. The Bertz CT molecular complexity index is 754. The van der Waals surface area contributed by atoms with Crippen LogP contribution in [0.15, 0.2) is 51.7 Å². The van der Waals surface area contributed by atoms with Crippen LogP contribution in [-0.4, -0.2) is 27.5 Å². The normalized spacial score (nSPS) is 12.2. The van der Waals surface area contributed by atoms with Gasteiger partial charge in [-0.05, 0) is 42.5 Å². The van der Waals surface area contributed by atoms with Crippen molar-refractivity contribution in [2.45, 2.75) is 24.8 Å². The van der Waals surface area contributed by atoms with E-state index < -0.39 is 10.0 Å². The molecule has 1 heterocycles. The molecule has 0 saturated carbocycles. The van der Waals surface area contributed by atoms with E-state index in [0.717, 1.165) is 31.0 Å². The summed E-state index contributed by atoms with van der Waals surface area (Å²) < 4.78 is 22.5. The van der Waals surface area contributed by atoms with Gasteiger partial charge in [-0.1, -0.05) is 18.2 Å². The highest BCUT2D eigenvalue weighted by Crippen LogP contribution is 2.10. The Morgan fingerprint density at radius 2 is 1.96 bits per heavy atom. The van der Waals surface area contributed by atoms with Gasteiger partial charge in [0, 0.05) is 18.0 Å². The lowest BCUT2D eigenvalue weighted by Crippen LogP contribution is -2.38. The number of benzene rings is 1. The number of thiophene rings is 1. The molecule has 0 saturated heterocycles. The van der Waals surface area contributed by atoms with Crippen LogP contribution in [0.2, 0.25) is 0 Å². The van der Waals surface area contributed by atoms with Crippen LogP contribution in [0.3, 0.4) is 0 Å². The number of guanidine groups is 1. The topological polar surface area (TPSA) is 96.6 Å². The van der Waals surface area contributed by atoms with Gasteiger partial charge in [0.15, 0.2) is 5.96 Å². The smallest absolute Gasteiger partial charge is 0.238 e. The van der Waals surface area contributed by atoms with Gasteiger partial charge in [-0.3, -0.25) is 0 Å². The van der Waals surface area contributed by atoms with Gasteiger partial charge in [-0.25, -0.2) is 18.5 Å². The number of rotatable bonds is 7. The fourth-order valence-electron chi connectivity index (χ4n) is 2.06. The van der Waals surface area contributed by atoms with Crippen molar-refractivity contribution in [3.05, 3.63) is 52.2 Å². The van der Waals surface area contributed by atoms with Gasteiger partial charge in [0.05, 0.1) is 11.4 Å². The molecule has 1 aromatic heterocycles. The van der Waals surface area contributed by atoms with Crippen LogP contribution in [0.1, 0.15) is 17.4 Å². The summed E-state index contributed by atoms with van der Waals surface area (Å²) in [7, 11) is -3.65. The second kappa shape index (κ2) is 8.81. The van der Waals surface area contributed by atoms with Crippen molar-refractivity contribution >= 4 is 27.3 Å². The average molecular weight is 367 g/mol. The van der Waals surface area contributed by atoms with Crippen LogP contribution in [0.4, 0.5) is 0 Å². The first kappa shape index (κ1) is 18.4. The highest BCUT2D eigenvalue weighted by molar-refractivity contribution is 7.89. The highest BCUT2D eigenvalue weighted by atomic mass is 32.2. The van der Waals surface area contributed by atoms with Crippen molar-refractivity contribution in [3.63, 3.8) is 0 Å². The van der Waals surface area contributed by atoms with Crippen molar-refractivity contribution in [2.24, 2.45) is 10.1 Å². The third kappa shape index (κ3) is 5.95. The van der Waals surface area contributed by atoms with Gasteiger partial charge < -0.3 is 10.6 Å². The SMILES string of the molecule is CCNC(=NCc1ccc(S(N)(=O)=O)cc1)NCCc1cccs1. The second-order valence-corrected chi connectivity index (χ2v) is 7.73. The average Bonchev–Trinajstić information content (AvgIpc) is 3.05. The Balaban J connectivity index is 1.92. The molecule has 0 radical (unpaired) electrons. The molecule has 0 spiro atoms. The minimum absolute atomic E-state index is 0.108. The fourth-order valence-corrected chi connectivity index (χ4v) is 3.28. The van der Waals surface area contributed by atoms with E-state index in [-0.39, 0.29) is 4.90 Å². The lowest BCUT2D eigenvalue weighted by molar-refractivity contribution is 0.598. The first-order chi connectivity index (χ1) is 11.5. The van der Waals surface area contributed by atoms with Crippen molar-refractivity contribution in [3.8, 4) is 0 Å². The number of primary sulfonamides is 1. The predicted octanol–water partition coefficient (Wildman–Crippen LogP) is 1.69. The Hall–Kier alpha value is -1.90. The molecule has 0 aliphatic heterocycles. The molecule has 1 aromatic carbocycles. The van der Waals surface area contributed by atoms with Crippen molar-refractivity contribution in [1.29, 1.82) is 0 Å². The molecule has 6 nitrogen and oxygen atoms in total. The Labute approximate surface area is 146 Å². The third-order valence-corrected chi connectivity index (χ3v) is 5.13. The summed E-state index contributed by atoms with van der Waals surface area (Å²) in [4.78, 5) is 5.95. The molecule has 0 unspecified atom stereocenters. The summed E-state index contributed by atoms with van der Waals surface area (Å²) in [5, 5.41) is 13.6. The molecule has 0 fully saturated rings. The highest BCUT2D eigenvalue weighted by Gasteiger charge is 2.06. The number of nitrogens with zero attached hydrogens (tertiary/aromatic N) is 1. The molecule has 0 amide bonds. The van der Waals surface area contributed by atoms with Crippen molar-refractivity contribution < 1.29 is 8.42 Å². The number of nitrogens with one attached hydrogen (secondary N) is 2. The van der Waals surface area contributed by atoms with Crippen LogP contribution < -0.4 is 15.8 Å². The molecule has 2 aromatic rings. The van der Waals surface area contributed by atoms with E-state index >= 15 is 0 Å². The van der Waals surface area contributed by atoms with Gasteiger partial charge in [0.1, 0.15) is 0 Å². The minimum atomic E-state index is -3.65. The van der Waals surface area contributed by atoms with E-state index in [1.807, 2.05) is 13.0 Å². The van der Waals surface area contributed by atoms with Gasteiger partial charge in [-0.2, -0.15) is 0 Å². The molecule has 0 aliphatic rings. The first-order valence-corrected chi connectivity index (χ1v) is 10.1. The predicted molar refractivity (Wildman–Crippen MR) is 98.7 cm³/mol. The molecule has 2 rings (SSSR count). The summed E-state index contributed by atoms with van der Waals surface area (Å²) in [5.41, 5.74) is 0.915. The number of aliphatic imine (C=N–C) groups is 1. The van der Waals surface area contributed by atoms with Crippen molar-refractivity contribution in [2.75, 3.05) is 13.1 Å². The van der Waals surface area contributed by atoms with Crippen LogP contribution in [0.25, 0.3) is 0 Å². The number of hydrogen-bond acceptors (Lipinski definition) is 4. The standard InChI is InChI=1S/C16H22N4O2S2/c1-2-18-16(19-10-9-14-4-3-11-23-14)20-12-13-5-7-15(8-6-13)24(17,21)22/h3-8,11H,2,9-10,12H2,1H3,(H2,17,21,22)(H2,18,19,20). The summed E-state index contributed by atoms with van der Waals surface area (Å²) in [5.74, 6) is 0.740. The Kier molecular flexibility index (Phi) is 6.77. The molecular weight excluding hydrogens is 344 g/mol. The summed E-state index contributed by atoms with van der Waals surface area (Å²) in [6, 6.07) is 10.6. The maximum Gasteiger partial charge on any atom is 0.238 e. The zero-order valence-corrected chi connectivity index (χ0v) is 15.2. The van der Waals surface area contributed by atoms with Crippen LogP contribution in [0.5, 0.6) is 0 Å². The molecular formula is C16H22N4O2S2. The molecule has 0 atom stereocenters. The molecule has 130 valence electrons. The molecule has 0 aliphatic carbocycles. The lowest BCUT2D eigenvalue weighted by Gasteiger charge is -2.11. The van der Waals surface area contributed by atoms with E-state index in [1.54, 1.807) is 23.5 Å². The van der Waals surface area contributed by atoms with Crippen LogP contribution in [0, 0.1) is 0 Å². The molecule has 24 heavy (non-hydrogen) atoms. The van der Waals surface area contributed by atoms with Crippen LogP contribution >= 0.6 is 11.3 Å². The number of nitrogens with two attached hydrogens (primary N) is 1. The third-order valence-electron chi connectivity index (χ3n) is 3.26. The maximum atomic E-state index is 11.2. The zero-order valence-electron chi connectivity index (χ0n) is 13.5. The second-order valence-electron chi connectivity index (χ2n) is 5.14. The lowest BCUT2D eigenvalue weighted by atomic mass is 10.2. The Morgan fingerprint density at radius 1 is 1.21 bits per heavy atom. The van der Waals surface area contributed by atoms with E-state index in [1.165, 1.54) is 17.0 Å². The monoisotopic (exact) mass is 366 g/mol. The van der Waals surface area contributed by atoms with Crippen molar-refractivity contribution in [1.82, 2.24) is 10.6 Å². The zero-order chi connectivity index (χ0) is 17.4. The minimum Gasteiger partial charge on any atom is -0.357 e. The van der Waals surface area contributed by atoms with E-state index in [9.17, 15) is 8.42 Å². The van der Waals surface area contributed by atoms with Gasteiger partial charge in [0.25, 0.3) is 0 Å². The largest absolute Gasteiger partial charge is 0.357 e. The van der Waals surface area contributed by atoms with Gasteiger partial charge >= 0.3 is 0 Å². The van der Waals surface area contributed by atoms with Crippen LogP contribution in [-0.2, 0) is 23.0 Å². The first-order valence-electron chi connectivity index (χ1n) is 7.65. The summed E-state index contributed by atoms with van der Waals surface area (Å²) in [6.45, 7) is 4.04. The van der Waals surface area contributed by atoms with Gasteiger partial charge in [-0.15, -0.1) is 11.3 Å². The number of hydrogen-bond donors (Lipinski definition) is 3. The maximum absolute atomic E-state index is 11.2. The van der Waals surface area contributed by atoms with Gasteiger partial charge in [0.2, 0.25) is 10.0 Å². The van der Waals surface area contributed by atoms with E-state index in [4.69, 9.17) is 5.14 Å². The molecule has 4 N–H and O–H groups in total. The summed E-state index contributed by atoms with van der Waals surface area (Å²) >= 11 is 1.74. The quantitative estimate of drug-likeness (QED) is 0.513. The van der Waals surface area contributed by atoms with E-state index in [0.29, 0.717) is 6.54 Å². The molecule has 8 heteroatoms. The fraction of sp³-hybridized carbons (Fsp3) is 0.312. The molecule has 0 bridgehead atoms. The van der Waals surface area contributed by atoms with E-state index in [2.05, 4.69) is 27.1 Å². The summed E-state index contributed by atoms with van der Waals surface area (Å²) in [6.07, 6.45) is 0.950.